The van der Waals surface area contributed by atoms with Crippen LogP contribution in [0.15, 0.2) is 24.3 Å². The lowest BCUT2D eigenvalue weighted by molar-refractivity contribution is -0.208. The Labute approximate surface area is 508 Å². The van der Waals surface area contributed by atoms with Gasteiger partial charge in [-0.3, -0.25) is 0 Å². The average molecular weight is 1150 g/mol. The molecule has 0 aliphatic carbocycles. The van der Waals surface area contributed by atoms with Crippen molar-refractivity contribution in [3.05, 3.63) is 24.3 Å². The summed E-state index contributed by atoms with van der Waals surface area (Å²) in [5, 5.41) is 0. The molecule has 0 radical (unpaired) electrons. The third kappa shape index (κ3) is 65.0. The summed E-state index contributed by atoms with van der Waals surface area (Å²) >= 11 is 0. The van der Waals surface area contributed by atoms with Crippen molar-refractivity contribution in [1.29, 1.82) is 0 Å². The second kappa shape index (κ2) is 71.7. The monoisotopic (exact) mass is 1150 g/mol. The SMILES string of the molecule is CCCCCCCCCOC(CCCCCCCCCC=CC(OCCCCCC)OC(C=CCCCCCCCCCC(OCCCCCCCCC)OCCCCCCCCC)OCCCCCC)OCCCCCCCCC. The normalized spacial score (nSPS) is 12.9. The zero-order valence-corrected chi connectivity index (χ0v) is 55.9. The van der Waals surface area contributed by atoms with E-state index >= 15 is 0 Å². The van der Waals surface area contributed by atoms with Gasteiger partial charge in [0, 0.05) is 26.4 Å². The average Bonchev–Trinajstić information content (AvgIpc) is 3.47. The Kier molecular flexibility index (Phi) is 71.0. The highest BCUT2D eigenvalue weighted by atomic mass is 16.8. The number of hydrogen-bond donors (Lipinski definition) is 0. The van der Waals surface area contributed by atoms with Crippen LogP contribution in [0.2, 0.25) is 0 Å². The van der Waals surface area contributed by atoms with Crippen LogP contribution in [-0.4, -0.2) is 64.8 Å². The first-order valence-corrected chi connectivity index (χ1v) is 36.8. The molecule has 0 aromatic heterocycles. The molecule has 0 saturated heterocycles. The molecule has 81 heavy (non-hydrogen) atoms. The number of unbranched alkanes of at least 4 members (excludes halogenated alkanes) is 44. The first kappa shape index (κ1) is 80.2. The summed E-state index contributed by atoms with van der Waals surface area (Å²) < 4.78 is 44.8. The van der Waals surface area contributed by atoms with Crippen molar-refractivity contribution in [1.82, 2.24) is 0 Å². The first-order chi connectivity index (χ1) is 40.1. The molecule has 0 aromatic carbocycles. The van der Waals surface area contributed by atoms with Crippen LogP contribution in [0.5, 0.6) is 0 Å². The van der Waals surface area contributed by atoms with E-state index in [4.69, 9.17) is 33.2 Å². The molecule has 2 unspecified atom stereocenters. The summed E-state index contributed by atoms with van der Waals surface area (Å²) in [7, 11) is 0. The molecular formula is C74H146O7. The highest BCUT2D eigenvalue weighted by Gasteiger charge is 2.15. The van der Waals surface area contributed by atoms with Crippen LogP contribution in [0.25, 0.3) is 0 Å². The standard InChI is InChI=1S/C74H146O7/c1-7-13-19-25-39-47-57-65-75-71(76-66-58-48-40-26-20-14-8-2)61-51-43-35-31-29-33-37-45-53-63-73(79-69-55-23-17-11-5)81-74(80-70-56-24-18-12-6)64-54-46-38-34-30-32-36-44-52-62-72(77-67-59-49-41-27-21-15-9-3)78-68-60-50-42-28-22-16-10-4/h53-54,63-64,71-74H,7-52,55-62,65-70H2,1-6H3. The summed E-state index contributed by atoms with van der Waals surface area (Å²) in [6.07, 6.45) is 76.5. The van der Waals surface area contributed by atoms with Crippen LogP contribution in [0.3, 0.4) is 0 Å². The van der Waals surface area contributed by atoms with Gasteiger partial charge in [0.2, 0.25) is 0 Å². The maximum atomic E-state index is 6.60. The number of allylic oxidation sites excluding steroid dienone is 2. The summed E-state index contributed by atoms with van der Waals surface area (Å²) in [6, 6.07) is 0. The largest absolute Gasteiger partial charge is 0.353 e. The van der Waals surface area contributed by atoms with Gasteiger partial charge in [-0.15, -0.1) is 0 Å². The molecule has 484 valence electrons. The molecule has 0 rings (SSSR count). The van der Waals surface area contributed by atoms with Crippen LogP contribution in [0.4, 0.5) is 0 Å². The molecule has 0 amide bonds. The molecular weight excluding hydrogens is 1000 g/mol. The second-order valence-corrected chi connectivity index (χ2v) is 24.5. The fourth-order valence-corrected chi connectivity index (χ4v) is 10.7. The molecule has 0 heterocycles. The number of hydrogen-bond acceptors (Lipinski definition) is 7. The summed E-state index contributed by atoms with van der Waals surface area (Å²) in [5.41, 5.74) is 0. The van der Waals surface area contributed by atoms with Gasteiger partial charge in [0.25, 0.3) is 0 Å². The highest BCUT2D eigenvalue weighted by molar-refractivity contribution is 4.90. The molecule has 2 atom stereocenters. The molecule has 0 saturated carbocycles. The van der Waals surface area contributed by atoms with Gasteiger partial charge in [0.15, 0.2) is 25.2 Å². The van der Waals surface area contributed by atoms with E-state index in [0.29, 0.717) is 0 Å². The summed E-state index contributed by atoms with van der Waals surface area (Å²) in [5.74, 6) is 0. The van der Waals surface area contributed by atoms with E-state index in [1.165, 1.54) is 308 Å². The fourth-order valence-electron chi connectivity index (χ4n) is 10.7. The molecule has 0 aromatic rings. The minimum absolute atomic E-state index is 0.0188. The van der Waals surface area contributed by atoms with Crippen molar-refractivity contribution in [2.75, 3.05) is 39.6 Å². The quantitative estimate of drug-likeness (QED) is 0.0342. The van der Waals surface area contributed by atoms with Crippen molar-refractivity contribution in [2.24, 2.45) is 0 Å². The second-order valence-electron chi connectivity index (χ2n) is 24.5. The highest BCUT2D eigenvalue weighted by Crippen LogP contribution is 2.19. The molecule has 0 bridgehead atoms. The molecule has 7 nitrogen and oxygen atoms in total. The van der Waals surface area contributed by atoms with Gasteiger partial charge in [-0.1, -0.05) is 311 Å². The van der Waals surface area contributed by atoms with E-state index in [1.807, 2.05) is 0 Å². The Morgan fingerprint density at radius 2 is 0.407 bits per heavy atom. The van der Waals surface area contributed by atoms with Crippen molar-refractivity contribution in [2.45, 2.75) is 413 Å². The van der Waals surface area contributed by atoms with Gasteiger partial charge in [-0.2, -0.15) is 0 Å². The van der Waals surface area contributed by atoms with E-state index < -0.39 is 0 Å². The van der Waals surface area contributed by atoms with Crippen LogP contribution < -0.4 is 0 Å². The van der Waals surface area contributed by atoms with Crippen LogP contribution in [-0.2, 0) is 33.2 Å². The Bertz CT molecular complexity index is 1050. The first-order valence-electron chi connectivity index (χ1n) is 36.8. The Hall–Kier alpha value is -0.800. The van der Waals surface area contributed by atoms with Gasteiger partial charge < -0.3 is 33.2 Å². The number of ether oxygens (including phenoxy) is 7. The lowest BCUT2D eigenvalue weighted by Gasteiger charge is -2.22. The number of rotatable bonds is 72. The van der Waals surface area contributed by atoms with Gasteiger partial charge in [-0.25, -0.2) is 0 Å². The predicted octanol–water partition coefficient (Wildman–Crippen LogP) is 24.7. The molecule has 0 N–H and O–H groups in total. The molecule has 0 fully saturated rings. The summed E-state index contributed by atoms with van der Waals surface area (Å²) in [6.45, 7) is 18.5. The van der Waals surface area contributed by atoms with Gasteiger partial charge in [-0.05, 0) is 102 Å². The Balaban J connectivity index is 4.87. The zero-order chi connectivity index (χ0) is 58.5. The van der Waals surface area contributed by atoms with E-state index in [9.17, 15) is 0 Å². The predicted molar refractivity (Wildman–Crippen MR) is 354 cm³/mol. The molecule has 7 heteroatoms. The Morgan fingerprint density at radius 1 is 0.210 bits per heavy atom. The lowest BCUT2D eigenvalue weighted by Crippen LogP contribution is -2.25. The lowest BCUT2D eigenvalue weighted by atomic mass is 10.1. The maximum absolute atomic E-state index is 6.60. The summed E-state index contributed by atoms with van der Waals surface area (Å²) in [4.78, 5) is 0. The van der Waals surface area contributed by atoms with Gasteiger partial charge in [0.05, 0.1) is 13.2 Å². The zero-order valence-electron chi connectivity index (χ0n) is 55.9. The minimum atomic E-state index is -0.386. The van der Waals surface area contributed by atoms with Crippen molar-refractivity contribution in [3.8, 4) is 0 Å². The van der Waals surface area contributed by atoms with E-state index in [-0.39, 0.29) is 25.2 Å². The van der Waals surface area contributed by atoms with Crippen LogP contribution >= 0.6 is 0 Å². The molecule has 0 aliphatic heterocycles. The van der Waals surface area contributed by atoms with Gasteiger partial charge >= 0.3 is 0 Å². The topological polar surface area (TPSA) is 64.6 Å². The van der Waals surface area contributed by atoms with Crippen LogP contribution in [0.1, 0.15) is 388 Å². The smallest absolute Gasteiger partial charge is 0.180 e. The molecule has 0 aliphatic rings. The van der Waals surface area contributed by atoms with Gasteiger partial charge in [0.1, 0.15) is 0 Å². The van der Waals surface area contributed by atoms with E-state index in [0.717, 1.165) is 78.2 Å². The minimum Gasteiger partial charge on any atom is -0.353 e. The van der Waals surface area contributed by atoms with E-state index in [2.05, 4.69) is 65.8 Å². The Morgan fingerprint density at radius 3 is 0.667 bits per heavy atom. The molecule has 0 spiro atoms. The van der Waals surface area contributed by atoms with Crippen molar-refractivity contribution >= 4 is 0 Å². The third-order valence-corrected chi connectivity index (χ3v) is 16.2. The fraction of sp³-hybridized carbons (Fsp3) is 0.946. The maximum Gasteiger partial charge on any atom is 0.180 e. The van der Waals surface area contributed by atoms with Crippen molar-refractivity contribution < 1.29 is 33.2 Å². The van der Waals surface area contributed by atoms with Crippen molar-refractivity contribution in [3.63, 3.8) is 0 Å². The van der Waals surface area contributed by atoms with E-state index in [1.54, 1.807) is 0 Å². The third-order valence-electron chi connectivity index (χ3n) is 16.2. The van der Waals surface area contributed by atoms with Crippen LogP contribution in [0, 0.1) is 0 Å².